The van der Waals surface area contributed by atoms with Gasteiger partial charge >= 0.3 is 0 Å². The first-order valence-electron chi connectivity index (χ1n) is 6.74. The number of rotatable bonds is 2. The third-order valence-electron chi connectivity index (χ3n) is 3.47. The Morgan fingerprint density at radius 1 is 1.10 bits per heavy atom. The van der Waals surface area contributed by atoms with Crippen LogP contribution < -0.4 is 5.73 Å². The van der Waals surface area contributed by atoms with Crippen LogP contribution in [0.25, 0.3) is 16.9 Å². The summed E-state index contributed by atoms with van der Waals surface area (Å²) in [5, 5.41) is 4.66. The second kappa shape index (κ2) is 5.37. The third-order valence-corrected chi connectivity index (χ3v) is 4.16. The zero-order chi connectivity index (χ0) is 15.0. The van der Waals surface area contributed by atoms with Crippen molar-refractivity contribution in [3.05, 3.63) is 64.3 Å². The van der Waals surface area contributed by atoms with Gasteiger partial charge in [0.05, 0.1) is 17.6 Å². The summed E-state index contributed by atoms with van der Waals surface area (Å²) in [6.07, 6.45) is 1.87. The van der Waals surface area contributed by atoms with Gasteiger partial charge in [0.1, 0.15) is 5.69 Å². The molecule has 0 aliphatic carbocycles. The lowest BCUT2D eigenvalue weighted by molar-refractivity contribution is 0.875. The van der Waals surface area contributed by atoms with E-state index in [9.17, 15) is 0 Å². The lowest BCUT2D eigenvalue weighted by Gasteiger charge is -2.06. The van der Waals surface area contributed by atoms with Gasteiger partial charge in [0, 0.05) is 10.0 Å². The average Bonchev–Trinajstić information content (AvgIpc) is 2.81. The number of anilines is 1. The topological polar surface area (TPSA) is 43.8 Å². The van der Waals surface area contributed by atoms with Gasteiger partial charge in [-0.25, -0.2) is 4.68 Å². The maximum absolute atomic E-state index is 6.16. The molecular formula is C17H16BrN3. The van der Waals surface area contributed by atoms with E-state index in [1.807, 2.05) is 35.1 Å². The van der Waals surface area contributed by atoms with Crippen LogP contribution in [0, 0.1) is 13.8 Å². The van der Waals surface area contributed by atoms with Gasteiger partial charge in [-0.2, -0.15) is 5.10 Å². The van der Waals surface area contributed by atoms with E-state index in [1.54, 1.807) is 0 Å². The molecule has 0 radical (unpaired) electrons. The minimum Gasteiger partial charge on any atom is -0.396 e. The normalized spacial score (nSPS) is 10.8. The molecule has 0 aliphatic heterocycles. The van der Waals surface area contributed by atoms with Crippen molar-refractivity contribution in [3.63, 3.8) is 0 Å². The van der Waals surface area contributed by atoms with Crippen LogP contribution in [0.15, 0.2) is 53.1 Å². The molecule has 0 saturated carbocycles. The molecule has 1 heterocycles. The van der Waals surface area contributed by atoms with Gasteiger partial charge < -0.3 is 5.73 Å². The summed E-state index contributed by atoms with van der Waals surface area (Å²) in [6.45, 7) is 4.17. The molecule has 21 heavy (non-hydrogen) atoms. The molecule has 0 aliphatic rings. The van der Waals surface area contributed by atoms with Crippen molar-refractivity contribution in [1.82, 2.24) is 9.78 Å². The first-order valence-corrected chi connectivity index (χ1v) is 7.53. The number of nitrogen functional groups attached to an aromatic ring is 1. The fraction of sp³-hybridized carbons (Fsp3) is 0.118. The maximum atomic E-state index is 6.16. The number of aryl methyl sites for hydroxylation is 2. The van der Waals surface area contributed by atoms with E-state index in [0.29, 0.717) is 5.69 Å². The summed E-state index contributed by atoms with van der Waals surface area (Å²) in [7, 11) is 0. The number of halogens is 1. The van der Waals surface area contributed by atoms with Crippen LogP contribution in [0.3, 0.4) is 0 Å². The Morgan fingerprint density at radius 3 is 2.57 bits per heavy atom. The van der Waals surface area contributed by atoms with Crippen molar-refractivity contribution in [3.8, 4) is 16.9 Å². The van der Waals surface area contributed by atoms with Crippen LogP contribution in [0.4, 0.5) is 5.69 Å². The standard InChI is InChI=1S/C17H16BrN3/c1-11-7-8-16(12(2)9-11)21-10-15(19)17(20-21)13-5-3-4-6-14(13)18/h3-10H,19H2,1-2H3. The Labute approximate surface area is 132 Å². The van der Waals surface area contributed by atoms with Gasteiger partial charge in [-0.15, -0.1) is 0 Å². The SMILES string of the molecule is Cc1ccc(-n2cc(N)c(-c3ccccc3Br)n2)c(C)c1. The summed E-state index contributed by atoms with van der Waals surface area (Å²) in [5.41, 5.74) is 12.1. The molecule has 3 nitrogen and oxygen atoms in total. The minimum atomic E-state index is 0.668. The Bertz CT molecular complexity index is 806. The second-order valence-electron chi connectivity index (χ2n) is 5.15. The van der Waals surface area contributed by atoms with Crippen LogP contribution in [-0.2, 0) is 0 Å². The van der Waals surface area contributed by atoms with Crippen molar-refractivity contribution in [2.75, 3.05) is 5.73 Å². The van der Waals surface area contributed by atoms with Crippen LogP contribution in [0.2, 0.25) is 0 Å². The third kappa shape index (κ3) is 2.59. The van der Waals surface area contributed by atoms with E-state index in [4.69, 9.17) is 5.73 Å². The molecular weight excluding hydrogens is 326 g/mol. The number of hydrogen-bond donors (Lipinski definition) is 1. The van der Waals surface area contributed by atoms with Gasteiger partial charge in [-0.3, -0.25) is 0 Å². The number of nitrogens with two attached hydrogens (primary N) is 1. The Balaban J connectivity index is 2.12. The first-order chi connectivity index (χ1) is 10.1. The molecule has 1 aromatic heterocycles. The van der Waals surface area contributed by atoms with Gasteiger partial charge in [-0.1, -0.05) is 51.8 Å². The van der Waals surface area contributed by atoms with E-state index >= 15 is 0 Å². The van der Waals surface area contributed by atoms with Gasteiger partial charge in [0.2, 0.25) is 0 Å². The van der Waals surface area contributed by atoms with Crippen molar-refractivity contribution in [1.29, 1.82) is 0 Å². The lowest BCUT2D eigenvalue weighted by atomic mass is 10.1. The number of nitrogens with zero attached hydrogens (tertiary/aromatic N) is 2. The molecule has 2 N–H and O–H groups in total. The van der Waals surface area contributed by atoms with E-state index < -0.39 is 0 Å². The largest absolute Gasteiger partial charge is 0.396 e. The highest BCUT2D eigenvalue weighted by molar-refractivity contribution is 9.10. The maximum Gasteiger partial charge on any atom is 0.117 e. The Morgan fingerprint density at radius 2 is 1.86 bits per heavy atom. The van der Waals surface area contributed by atoms with Gasteiger partial charge in [0.25, 0.3) is 0 Å². The summed E-state index contributed by atoms with van der Waals surface area (Å²) < 4.78 is 2.83. The van der Waals surface area contributed by atoms with Crippen molar-refractivity contribution < 1.29 is 0 Å². The zero-order valence-electron chi connectivity index (χ0n) is 12.0. The first kappa shape index (κ1) is 13.9. The molecule has 3 rings (SSSR count). The molecule has 4 heteroatoms. The molecule has 0 unspecified atom stereocenters. The fourth-order valence-corrected chi connectivity index (χ4v) is 2.91. The Hall–Kier alpha value is -2.07. The smallest absolute Gasteiger partial charge is 0.117 e. The van der Waals surface area contributed by atoms with Gasteiger partial charge in [0.15, 0.2) is 0 Å². The predicted molar refractivity (Wildman–Crippen MR) is 90.6 cm³/mol. The van der Waals surface area contributed by atoms with Crippen molar-refractivity contribution in [2.45, 2.75) is 13.8 Å². The monoisotopic (exact) mass is 341 g/mol. The molecule has 2 aromatic carbocycles. The fourth-order valence-electron chi connectivity index (χ4n) is 2.44. The highest BCUT2D eigenvalue weighted by atomic mass is 79.9. The number of hydrogen-bond acceptors (Lipinski definition) is 2. The van der Waals surface area contributed by atoms with E-state index in [-0.39, 0.29) is 0 Å². The molecule has 3 aromatic rings. The van der Waals surface area contributed by atoms with Crippen LogP contribution in [0.5, 0.6) is 0 Å². The molecule has 0 fully saturated rings. The number of aromatic nitrogens is 2. The minimum absolute atomic E-state index is 0.668. The number of benzene rings is 2. The average molecular weight is 342 g/mol. The summed E-state index contributed by atoms with van der Waals surface area (Å²) in [6, 6.07) is 14.3. The van der Waals surface area contributed by atoms with E-state index in [2.05, 4.69) is 53.1 Å². The molecule has 0 saturated heterocycles. The van der Waals surface area contributed by atoms with E-state index in [0.717, 1.165) is 21.4 Å². The summed E-state index contributed by atoms with van der Waals surface area (Å²) in [5.74, 6) is 0. The predicted octanol–water partition coefficient (Wildman–Crippen LogP) is 4.50. The summed E-state index contributed by atoms with van der Waals surface area (Å²) in [4.78, 5) is 0. The highest BCUT2D eigenvalue weighted by Crippen LogP contribution is 2.31. The molecule has 0 spiro atoms. The van der Waals surface area contributed by atoms with Crippen molar-refractivity contribution in [2.24, 2.45) is 0 Å². The van der Waals surface area contributed by atoms with Crippen LogP contribution in [0.1, 0.15) is 11.1 Å². The lowest BCUT2D eigenvalue weighted by Crippen LogP contribution is -1.98. The molecule has 0 atom stereocenters. The van der Waals surface area contributed by atoms with Crippen LogP contribution >= 0.6 is 15.9 Å². The van der Waals surface area contributed by atoms with Crippen molar-refractivity contribution >= 4 is 21.6 Å². The Kier molecular flexibility index (Phi) is 3.55. The molecule has 106 valence electrons. The molecule has 0 amide bonds. The van der Waals surface area contributed by atoms with Crippen LogP contribution in [-0.4, -0.2) is 9.78 Å². The second-order valence-corrected chi connectivity index (χ2v) is 6.00. The molecule has 0 bridgehead atoms. The summed E-state index contributed by atoms with van der Waals surface area (Å²) >= 11 is 3.55. The van der Waals surface area contributed by atoms with E-state index in [1.165, 1.54) is 11.1 Å². The quantitative estimate of drug-likeness (QED) is 0.745. The van der Waals surface area contributed by atoms with Gasteiger partial charge in [-0.05, 0) is 31.5 Å². The highest BCUT2D eigenvalue weighted by Gasteiger charge is 2.13. The zero-order valence-corrected chi connectivity index (χ0v) is 13.6.